The fourth-order valence-corrected chi connectivity index (χ4v) is 2.72. The molecule has 0 amide bonds. The quantitative estimate of drug-likeness (QED) is 0.655. The summed E-state index contributed by atoms with van der Waals surface area (Å²) in [6.45, 7) is 7.79. The van der Waals surface area contributed by atoms with Crippen molar-refractivity contribution in [3.8, 4) is 0 Å². The first-order chi connectivity index (χ1) is 6.57. The summed E-state index contributed by atoms with van der Waals surface area (Å²) >= 11 is 0. The minimum Gasteiger partial charge on any atom is -0.297 e. The molecule has 0 aromatic rings. The van der Waals surface area contributed by atoms with Crippen molar-refractivity contribution in [3.05, 3.63) is 24.3 Å². The summed E-state index contributed by atoms with van der Waals surface area (Å²) in [7, 11) is -2.75. The molecule has 0 radical (unpaired) electrons. The second-order valence-corrected chi connectivity index (χ2v) is 5.80. The first-order valence-corrected chi connectivity index (χ1v) is 6.60. The Labute approximate surface area is 86.0 Å². The Kier molecular flexibility index (Phi) is 3.89. The van der Waals surface area contributed by atoms with Crippen molar-refractivity contribution in [1.29, 1.82) is 0 Å². The van der Waals surface area contributed by atoms with Crippen LogP contribution in [0.2, 0.25) is 0 Å². The van der Waals surface area contributed by atoms with Gasteiger partial charge in [-0.1, -0.05) is 18.7 Å². The first-order valence-electron chi connectivity index (χ1n) is 4.78. The minimum absolute atomic E-state index is 0.293. The van der Waals surface area contributed by atoms with E-state index in [4.69, 9.17) is 0 Å². The summed E-state index contributed by atoms with van der Waals surface area (Å²) in [6, 6.07) is 0. The van der Waals surface area contributed by atoms with Crippen LogP contribution in [0.25, 0.3) is 0 Å². The van der Waals surface area contributed by atoms with Gasteiger partial charge in [-0.2, -0.15) is 0 Å². The molecule has 1 rings (SSSR count). The molecule has 3 nitrogen and oxygen atoms in total. The predicted octanol–water partition coefficient (Wildman–Crippen LogP) is 0.849. The molecule has 0 spiro atoms. The van der Waals surface area contributed by atoms with Crippen molar-refractivity contribution in [3.63, 3.8) is 0 Å². The molecule has 0 aliphatic carbocycles. The molecule has 80 valence electrons. The highest BCUT2D eigenvalue weighted by molar-refractivity contribution is 7.91. The van der Waals surface area contributed by atoms with E-state index < -0.39 is 9.84 Å². The predicted molar refractivity (Wildman–Crippen MR) is 59.0 cm³/mol. The maximum Gasteiger partial charge on any atom is 0.152 e. The van der Waals surface area contributed by atoms with Crippen LogP contribution < -0.4 is 0 Å². The van der Waals surface area contributed by atoms with E-state index >= 15 is 0 Å². The van der Waals surface area contributed by atoms with E-state index in [1.807, 2.05) is 19.1 Å². The van der Waals surface area contributed by atoms with Crippen molar-refractivity contribution in [2.75, 3.05) is 31.1 Å². The Morgan fingerprint density at radius 2 is 2.00 bits per heavy atom. The van der Waals surface area contributed by atoms with Gasteiger partial charge in [-0.25, -0.2) is 8.42 Å². The summed E-state index contributed by atoms with van der Waals surface area (Å²) in [6.07, 6.45) is 3.83. The number of nitrogens with zero attached hydrogens (tertiary/aromatic N) is 1. The lowest BCUT2D eigenvalue weighted by Crippen LogP contribution is -2.40. The average Bonchev–Trinajstić information content (AvgIpc) is 2.16. The van der Waals surface area contributed by atoms with Crippen LogP contribution in [-0.2, 0) is 9.84 Å². The van der Waals surface area contributed by atoms with Crippen molar-refractivity contribution in [2.24, 2.45) is 0 Å². The molecule has 0 saturated carbocycles. The normalized spacial score (nSPS) is 23.4. The fraction of sp³-hybridized carbons (Fsp3) is 0.600. The van der Waals surface area contributed by atoms with E-state index in [2.05, 4.69) is 11.5 Å². The van der Waals surface area contributed by atoms with Gasteiger partial charge < -0.3 is 0 Å². The van der Waals surface area contributed by atoms with E-state index in [1.165, 1.54) is 0 Å². The molecule has 0 aromatic heterocycles. The number of sulfone groups is 1. The largest absolute Gasteiger partial charge is 0.297 e. The summed E-state index contributed by atoms with van der Waals surface area (Å²) < 4.78 is 22.3. The molecule has 0 atom stereocenters. The maximum absolute atomic E-state index is 11.2. The second kappa shape index (κ2) is 4.75. The average molecular weight is 215 g/mol. The molecule has 4 heteroatoms. The fourth-order valence-electron chi connectivity index (χ4n) is 1.44. The molecule has 1 saturated heterocycles. The smallest absolute Gasteiger partial charge is 0.152 e. The van der Waals surface area contributed by atoms with Gasteiger partial charge in [0.1, 0.15) is 0 Å². The number of hydrogen-bond acceptors (Lipinski definition) is 3. The third-order valence-corrected chi connectivity index (χ3v) is 4.09. The van der Waals surface area contributed by atoms with E-state index in [9.17, 15) is 8.42 Å². The number of allylic oxidation sites excluding steroid dienone is 1. The third kappa shape index (κ3) is 3.27. The molecule has 0 aromatic carbocycles. The van der Waals surface area contributed by atoms with Gasteiger partial charge in [-0.05, 0) is 12.5 Å². The second-order valence-electron chi connectivity index (χ2n) is 3.50. The van der Waals surface area contributed by atoms with E-state index in [-0.39, 0.29) is 0 Å². The van der Waals surface area contributed by atoms with Crippen LogP contribution in [0.15, 0.2) is 24.3 Å². The zero-order chi connectivity index (χ0) is 10.6. The minimum atomic E-state index is -2.75. The summed E-state index contributed by atoms with van der Waals surface area (Å²) in [5, 5.41) is 0. The molecule has 1 aliphatic heterocycles. The third-order valence-electron chi connectivity index (χ3n) is 2.48. The Hall–Kier alpha value is -0.610. The van der Waals surface area contributed by atoms with Gasteiger partial charge >= 0.3 is 0 Å². The summed E-state index contributed by atoms with van der Waals surface area (Å²) in [4.78, 5) is 2.15. The van der Waals surface area contributed by atoms with E-state index in [1.54, 1.807) is 0 Å². The van der Waals surface area contributed by atoms with E-state index in [0.717, 1.165) is 12.1 Å². The van der Waals surface area contributed by atoms with Crippen LogP contribution in [0.5, 0.6) is 0 Å². The lowest BCUT2D eigenvalue weighted by atomic mass is 10.2. The highest BCUT2D eigenvalue weighted by atomic mass is 32.2. The van der Waals surface area contributed by atoms with Crippen molar-refractivity contribution in [2.45, 2.75) is 6.92 Å². The number of rotatable bonds is 3. The highest BCUT2D eigenvalue weighted by Crippen LogP contribution is 2.07. The van der Waals surface area contributed by atoms with Crippen LogP contribution in [0.3, 0.4) is 0 Å². The van der Waals surface area contributed by atoms with Crippen LogP contribution in [-0.4, -0.2) is 44.5 Å². The standard InChI is InChI=1S/C10H17NO2S/c1-3-10(4-2)9-11-5-7-14(12,13)8-6-11/h3-4H,1,5-9H2,2H3/b10-4+. The molecule has 0 unspecified atom stereocenters. The SMILES string of the molecule is C=C/C(=C\C)CN1CCS(=O)(=O)CC1. The Morgan fingerprint density at radius 1 is 1.43 bits per heavy atom. The zero-order valence-electron chi connectivity index (χ0n) is 8.57. The van der Waals surface area contributed by atoms with Gasteiger partial charge in [0.15, 0.2) is 9.84 Å². The van der Waals surface area contributed by atoms with Gasteiger partial charge in [0.05, 0.1) is 11.5 Å². The van der Waals surface area contributed by atoms with Crippen molar-refractivity contribution >= 4 is 9.84 Å². The van der Waals surface area contributed by atoms with Crippen LogP contribution in [0, 0.1) is 0 Å². The Morgan fingerprint density at radius 3 is 2.43 bits per heavy atom. The molecular weight excluding hydrogens is 198 g/mol. The lowest BCUT2D eigenvalue weighted by Gasteiger charge is -2.26. The first kappa shape index (κ1) is 11.5. The van der Waals surface area contributed by atoms with Crippen LogP contribution in [0.1, 0.15) is 6.92 Å². The van der Waals surface area contributed by atoms with E-state index in [0.29, 0.717) is 24.6 Å². The molecule has 1 heterocycles. The molecular formula is C10H17NO2S. The highest BCUT2D eigenvalue weighted by Gasteiger charge is 2.21. The lowest BCUT2D eigenvalue weighted by molar-refractivity contribution is 0.322. The van der Waals surface area contributed by atoms with Crippen LogP contribution >= 0.6 is 0 Å². The van der Waals surface area contributed by atoms with Gasteiger partial charge in [0, 0.05) is 19.6 Å². The monoisotopic (exact) mass is 215 g/mol. The molecule has 1 aliphatic rings. The molecule has 0 N–H and O–H groups in total. The van der Waals surface area contributed by atoms with Gasteiger partial charge in [-0.15, -0.1) is 0 Å². The van der Waals surface area contributed by atoms with Gasteiger partial charge in [-0.3, -0.25) is 4.90 Å². The van der Waals surface area contributed by atoms with Crippen molar-refractivity contribution in [1.82, 2.24) is 4.90 Å². The Balaban J connectivity index is 2.47. The maximum atomic E-state index is 11.2. The number of hydrogen-bond donors (Lipinski definition) is 0. The topological polar surface area (TPSA) is 37.4 Å². The van der Waals surface area contributed by atoms with Crippen molar-refractivity contribution < 1.29 is 8.42 Å². The summed E-state index contributed by atoms with van der Waals surface area (Å²) in [5.74, 6) is 0.586. The Bertz CT molecular complexity index is 316. The van der Waals surface area contributed by atoms with Gasteiger partial charge in [0.2, 0.25) is 0 Å². The van der Waals surface area contributed by atoms with Crippen LogP contribution in [0.4, 0.5) is 0 Å². The molecule has 1 fully saturated rings. The zero-order valence-corrected chi connectivity index (χ0v) is 9.39. The summed E-state index contributed by atoms with van der Waals surface area (Å²) in [5.41, 5.74) is 1.16. The van der Waals surface area contributed by atoms with Gasteiger partial charge in [0.25, 0.3) is 0 Å². The molecule has 14 heavy (non-hydrogen) atoms. The molecule has 0 bridgehead atoms.